The number of pyridine rings is 1. The lowest BCUT2D eigenvalue weighted by molar-refractivity contribution is 1.08. The van der Waals surface area contributed by atoms with E-state index in [1.54, 1.807) is 0 Å². The zero-order valence-corrected chi connectivity index (χ0v) is 29.4. The van der Waals surface area contributed by atoms with Crippen LogP contribution in [0.4, 0.5) is 0 Å². The molecular weight excluding hydrogens is 655 g/mol. The van der Waals surface area contributed by atoms with E-state index < -0.39 is 0 Å². The van der Waals surface area contributed by atoms with Crippen LogP contribution in [0.25, 0.3) is 99.3 Å². The molecule has 11 aromatic rings. The first-order valence-corrected chi connectivity index (χ1v) is 18.5. The minimum absolute atomic E-state index is 0.889. The molecule has 0 unspecified atom stereocenters. The highest BCUT2D eigenvalue weighted by Gasteiger charge is 2.22. The van der Waals surface area contributed by atoms with E-state index in [4.69, 9.17) is 4.98 Å². The van der Waals surface area contributed by atoms with Crippen LogP contribution in [-0.4, -0.2) is 14.1 Å². The number of aromatic nitrogens is 3. The summed E-state index contributed by atoms with van der Waals surface area (Å²) in [4.78, 5) is 5.20. The number of para-hydroxylation sites is 2. The lowest BCUT2D eigenvalue weighted by Gasteiger charge is -2.12. The molecule has 3 aromatic heterocycles. The minimum atomic E-state index is 0.889. The Morgan fingerprint density at radius 2 is 0.907 bits per heavy atom. The third-order valence-corrected chi connectivity index (χ3v) is 10.9. The Bertz CT molecular complexity index is 3120. The zero-order chi connectivity index (χ0) is 35.6. The van der Waals surface area contributed by atoms with Gasteiger partial charge < -0.3 is 4.57 Å². The van der Waals surface area contributed by atoms with Crippen molar-refractivity contribution in [3.63, 3.8) is 0 Å². The topological polar surface area (TPSA) is 22.8 Å². The highest BCUT2D eigenvalue weighted by Crippen LogP contribution is 2.43. The molecule has 3 heteroatoms. The molecule has 3 nitrogen and oxygen atoms in total. The summed E-state index contributed by atoms with van der Waals surface area (Å²) in [6.45, 7) is 0. The lowest BCUT2D eigenvalue weighted by Crippen LogP contribution is -1.98. The molecule has 252 valence electrons. The van der Waals surface area contributed by atoms with Crippen LogP contribution in [0.15, 0.2) is 200 Å². The molecule has 0 atom stereocenters. The first-order valence-electron chi connectivity index (χ1n) is 18.5. The van der Waals surface area contributed by atoms with Gasteiger partial charge in [-0.25, -0.2) is 4.98 Å². The minimum Gasteiger partial charge on any atom is -0.308 e. The molecule has 0 saturated heterocycles. The van der Waals surface area contributed by atoms with Crippen molar-refractivity contribution in [3.05, 3.63) is 200 Å². The predicted octanol–water partition coefficient (Wildman–Crippen LogP) is 13.4. The van der Waals surface area contributed by atoms with Gasteiger partial charge in [0.1, 0.15) is 5.82 Å². The van der Waals surface area contributed by atoms with Crippen LogP contribution in [0.3, 0.4) is 0 Å². The van der Waals surface area contributed by atoms with Gasteiger partial charge in [0.25, 0.3) is 0 Å². The Morgan fingerprint density at radius 1 is 0.333 bits per heavy atom. The summed E-state index contributed by atoms with van der Waals surface area (Å²) in [6.07, 6.45) is 2.03. The van der Waals surface area contributed by atoms with Gasteiger partial charge in [-0.2, -0.15) is 0 Å². The molecule has 0 aliphatic carbocycles. The summed E-state index contributed by atoms with van der Waals surface area (Å²) < 4.78 is 4.81. The Hall–Kier alpha value is -7.23. The number of hydrogen-bond acceptors (Lipinski definition) is 1. The summed E-state index contributed by atoms with van der Waals surface area (Å²) in [5.74, 6) is 0.889. The van der Waals surface area contributed by atoms with E-state index >= 15 is 0 Å². The number of fused-ring (bicyclic) bond motifs is 9. The molecule has 8 aromatic carbocycles. The maximum absolute atomic E-state index is 5.20. The first-order chi connectivity index (χ1) is 26.8. The van der Waals surface area contributed by atoms with Gasteiger partial charge in [-0.05, 0) is 87.8 Å². The van der Waals surface area contributed by atoms with Crippen molar-refractivity contribution in [1.82, 2.24) is 14.1 Å². The van der Waals surface area contributed by atoms with Gasteiger partial charge in [-0.15, -0.1) is 0 Å². The third kappa shape index (κ3) is 4.72. The fourth-order valence-electron chi connectivity index (χ4n) is 8.48. The van der Waals surface area contributed by atoms with Crippen molar-refractivity contribution in [2.75, 3.05) is 0 Å². The Balaban J connectivity index is 1.14. The second-order valence-corrected chi connectivity index (χ2v) is 14.0. The predicted molar refractivity (Wildman–Crippen MR) is 227 cm³/mol. The molecule has 0 amide bonds. The highest BCUT2D eigenvalue weighted by atomic mass is 15.1. The summed E-state index contributed by atoms with van der Waals surface area (Å²) in [7, 11) is 0. The Morgan fingerprint density at radius 3 is 1.59 bits per heavy atom. The monoisotopic (exact) mass is 687 g/mol. The van der Waals surface area contributed by atoms with Gasteiger partial charge in [0.2, 0.25) is 0 Å². The zero-order valence-electron chi connectivity index (χ0n) is 29.4. The van der Waals surface area contributed by atoms with Gasteiger partial charge in [0, 0.05) is 44.4 Å². The van der Waals surface area contributed by atoms with Crippen LogP contribution in [-0.2, 0) is 0 Å². The standard InChI is InChI=1S/C51H33N3/c1-4-14-34(15-5-1)38-30-39(35-16-6-2-7-17-35)32-40(31-38)37-25-29-48(52-33-37)54-46-23-13-12-22-45(46)49-47(54)28-27-44-43-26-24-36-18-10-11-21-42(36)50(43)53(51(44)49)41-19-8-3-9-20-41/h1-33H. The average molecular weight is 688 g/mol. The van der Waals surface area contributed by atoms with Gasteiger partial charge in [-0.3, -0.25) is 4.57 Å². The fourth-order valence-corrected chi connectivity index (χ4v) is 8.48. The number of benzene rings is 8. The molecule has 0 radical (unpaired) electrons. The summed E-state index contributed by atoms with van der Waals surface area (Å²) >= 11 is 0. The van der Waals surface area contributed by atoms with Gasteiger partial charge in [0.15, 0.2) is 0 Å². The van der Waals surface area contributed by atoms with E-state index in [2.05, 4.69) is 203 Å². The van der Waals surface area contributed by atoms with Crippen LogP contribution in [0.5, 0.6) is 0 Å². The second kappa shape index (κ2) is 12.2. The maximum Gasteiger partial charge on any atom is 0.137 e. The number of hydrogen-bond donors (Lipinski definition) is 0. The van der Waals surface area contributed by atoms with Crippen LogP contribution in [0, 0.1) is 0 Å². The SMILES string of the molecule is c1ccc(-c2cc(-c3ccccc3)cc(-c3ccc(-n4c5ccccc5c5c4ccc4c6ccc7ccccc7c6n(-c6ccccc6)c45)nc3)c2)cc1. The first kappa shape index (κ1) is 30.4. The van der Waals surface area contributed by atoms with Crippen LogP contribution < -0.4 is 0 Å². The molecule has 0 aliphatic rings. The normalized spacial score (nSPS) is 11.7. The van der Waals surface area contributed by atoms with E-state index in [-0.39, 0.29) is 0 Å². The quantitative estimate of drug-likeness (QED) is 0.177. The van der Waals surface area contributed by atoms with Crippen LogP contribution in [0.2, 0.25) is 0 Å². The van der Waals surface area contributed by atoms with Crippen molar-refractivity contribution in [1.29, 1.82) is 0 Å². The molecule has 0 bridgehead atoms. The summed E-state index contributed by atoms with van der Waals surface area (Å²) in [5.41, 5.74) is 12.8. The molecule has 0 fully saturated rings. The maximum atomic E-state index is 5.20. The van der Waals surface area contributed by atoms with E-state index in [9.17, 15) is 0 Å². The summed E-state index contributed by atoms with van der Waals surface area (Å²) in [6, 6.07) is 69.9. The van der Waals surface area contributed by atoms with E-state index in [1.165, 1.54) is 65.6 Å². The van der Waals surface area contributed by atoms with E-state index in [0.717, 1.165) is 33.7 Å². The van der Waals surface area contributed by atoms with Crippen molar-refractivity contribution >= 4 is 54.4 Å². The molecule has 3 heterocycles. The number of nitrogens with zero attached hydrogens (tertiary/aromatic N) is 3. The third-order valence-electron chi connectivity index (χ3n) is 10.9. The number of rotatable bonds is 5. The molecule has 0 aliphatic heterocycles. The molecular formula is C51H33N3. The molecule has 54 heavy (non-hydrogen) atoms. The van der Waals surface area contributed by atoms with Crippen LogP contribution >= 0.6 is 0 Å². The Kier molecular flexibility index (Phi) is 6.86. The largest absolute Gasteiger partial charge is 0.308 e. The lowest BCUT2D eigenvalue weighted by atomic mass is 9.94. The van der Waals surface area contributed by atoms with Gasteiger partial charge >= 0.3 is 0 Å². The fraction of sp³-hybridized carbons (Fsp3) is 0. The highest BCUT2D eigenvalue weighted by molar-refractivity contribution is 6.28. The van der Waals surface area contributed by atoms with Crippen LogP contribution in [0.1, 0.15) is 0 Å². The van der Waals surface area contributed by atoms with Crippen molar-refractivity contribution < 1.29 is 0 Å². The smallest absolute Gasteiger partial charge is 0.137 e. The van der Waals surface area contributed by atoms with E-state index in [0.29, 0.717) is 0 Å². The average Bonchev–Trinajstić information content (AvgIpc) is 3.78. The van der Waals surface area contributed by atoms with Crippen molar-refractivity contribution in [2.24, 2.45) is 0 Å². The van der Waals surface area contributed by atoms with E-state index in [1.807, 2.05) is 6.20 Å². The Labute approximate surface area is 312 Å². The molecule has 0 spiro atoms. The second-order valence-electron chi connectivity index (χ2n) is 14.0. The molecule has 0 saturated carbocycles. The van der Waals surface area contributed by atoms with Gasteiger partial charge in [-0.1, -0.05) is 140 Å². The van der Waals surface area contributed by atoms with Crippen molar-refractivity contribution in [3.8, 4) is 44.9 Å². The van der Waals surface area contributed by atoms with Crippen molar-refractivity contribution in [2.45, 2.75) is 0 Å². The molecule has 11 rings (SSSR count). The summed E-state index contributed by atoms with van der Waals surface area (Å²) in [5, 5.41) is 7.40. The molecule has 0 N–H and O–H groups in total. The van der Waals surface area contributed by atoms with Gasteiger partial charge in [0.05, 0.1) is 22.1 Å².